The maximum atomic E-state index is 14.4. The Hall–Kier alpha value is -3.84. The first-order valence-corrected chi connectivity index (χ1v) is 36.4. The van der Waals surface area contributed by atoms with Crippen molar-refractivity contribution in [2.24, 2.45) is 5.92 Å². The van der Waals surface area contributed by atoms with E-state index in [0.717, 1.165) is 102 Å². The summed E-state index contributed by atoms with van der Waals surface area (Å²) >= 11 is 0. The molecule has 0 amide bonds. The molecule has 1 aromatic carbocycles. The summed E-state index contributed by atoms with van der Waals surface area (Å²) < 4.78 is 90.1. The summed E-state index contributed by atoms with van der Waals surface area (Å²) in [5.41, 5.74) is 0.648. The number of carbonyl (C=O) groups is 4. The van der Waals surface area contributed by atoms with E-state index in [1.165, 1.54) is 46.6 Å². The molecule has 554 valence electrons. The number of hydrogen-bond acceptors (Lipinski definition) is 25. The van der Waals surface area contributed by atoms with Crippen LogP contribution in [-0.2, 0) is 85.5 Å². The highest BCUT2D eigenvalue weighted by molar-refractivity contribution is 5.87. The van der Waals surface area contributed by atoms with Gasteiger partial charge in [0.15, 0.2) is 55.9 Å². The van der Waals surface area contributed by atoms with E-state index < -0.39 is 183 Å². The molecule has 25 heteroatoms. The lowest BCUT2D eigenvalue weighted by Gasteiger charge is -2.51. The second-order valence-corrected chi connectivity index (χ2v) is 27.5. The Bertz CT molecular complexity index is 2490. The largest absolute Gasteiger partial charge is 0.455 e. The van der Waals surface area contributed by atoms with Crippen LogP contribution in [0.5, 0.6) is 0 Å². The molecular weight excluding hydrogens is 1260 g/mol. The fourth-order valence-electron chi connectivity index (χ4n) is 13.3. The Morgan fingerprint density at radius 1 is 0.495 bits per heavy atom. The molecule has 27 atom stereocenters. The third-order valence-electron chi connectivity index (χ3n) is 19.6. The zero-order valence-electron chi connectivity index (χ0n) is 58.6. The van der Waals surface area contributed by atoms with Gasteiger partial charge in [0, 0.05) is 18.9 Å². The predicted octanol–water partition coefficient (Wildman–Crippen LogP) is 7.60. The van der Waals surface area contributed by atoms with Crippen molar-refractivity contribution in [3.05, 3.63) is 42.0 Å². The lowest BCUT2D eigenvalue weighted by Crippen LogP contribution is -2.68. The summed E-state index contributed by atoms with van der Waals surface area (Å²) in [6, 6.07) is 8.89. The number of aliphatic hydroxyl groups excluding tert-OH is 7. The van der Waals surface area contributed by atoms with Crippen LogP contribution in [0.3, 0.4) is 0 Å². The maximum absolute atomic E-state index is 14.4. The predicted molar refractivity (Wildman–Crippen MR) is 350 cm³/mol. The van der Waals surface area contributed by atoms with E-state index >= 15 is 0 Å². The van der Waals surface area contributed by atoms with Gasteiger partial charge in [0.05, 0.1) is 42.5 Å². The van der Waals surface area contributed by atoms with E-state index in [4.69, 9.17) is 66.3 Å². The van der Waals surface area contributed by atoms with Crippen molar-refractivity contribution in [3.8, 4) is 0 Å². The third-order valence-corrected chi connectivity index (χ3v) is 19.6. The highest BCUT2D eigenvalue weighted by Crippen LogP contribution is 2.40. The monoisotopic (exact) mass is 1380 g/mol. The Morgan fingerprint density at radius 3 is 1.71 bits per heavy atom. The van der Waals surface area contributed by atoms with Gasteiger partial charge in [0.2, 0.25) is 0 Å². The van der Waals surface area contributed by atoms with Gasteiger partial charge < -0.3 is 102 Å². The molecular formula is C72H116O25. The van der Waals surface area contributed by atoms with Gasteiger partial charge in [-0.1, -0.05) is 167 Å². The lowest BCUT2D eigenvalue weighted by atomic mass is 9.95. The first-order chi connectivity index (χ1) is 46.5. The van der Waals surface area contributed by atoms with Gasteiger partial charge in [-0.3, -0.25) is 14.4 Å². The molecule has 7 N–H and O–H groups in total. The number of esters is 4. The zero-order chi connectivity index (χ0) is 70.3. The van der Waals surface area contributed by atoms with Gasteiger partial charge in [-0.25, -0.2) is 4.79 Å². The average Bonchev–Trinajstić information content (AvgIpc) is 0.790. The molecule has 0 saturated carbocycles. The molecule has 6 saturated heterocycles. The normalized spacial score (nSPS) is 38.5. The molecule has 6 aliphatic rings. The van der Waals surface area contributed by atoms with E-state index in [1.807, 2.05) is 6.07 Å². The molecule has 0 aliphatic carbocycles. The molecule has 0 spiro atoms. The quantitative estimate of drug-likeness (QED) is 0.0193. The van der Waals surface area contributed by atoms with Gasteiger partial charge in [-0.05, 0) is 78.4 Å². The fourth-order valence-corrected chi connectivity index (χ4v) is 13.3. The van der Waals surface area contributed by atoms with E-state index in [9.17, 15) is 54.9 Å². The van der Waals surface area contributed by atoms with Gasteiger partial charge in [-0.15, -0.1) is 0 Å². The van der Waals surface area contributed by atoms with Crippen LogP contribution in [-0.4, -0.2) is 219 Å². The lowest BCUT2D eigenvalue weighted by molar-refractivity contribution is -0.399. The Balaban J connectivity index is 1.24. The fraction of sp³-hybridized carbons (Fsp3) is 0.833. The van der Waals surface area contributed by atoms with Crippen molar-refractivity contribution >= 4 is 30.0 Å². The molecule has 0 aromatic heterocycles. The number of hydrogen-bond donors (Lipinski definition) is 7. The number of unbranched alkanes of at least 4 members (excludes halogenated alkanes) is 10. The van der Waals surface area contributed by atoms with Crippen LogP contribution in [0.15, 0.2) is 36.4 Å². The van der Waals surface area contributed by atoms with E-state index in [2.05, 4.69) is 13.8 Å². The van der Waals surface area contributed by atoms with Crippen LogP contribution < -0.4 is 0 Å². The van der Waals surface area contributed by atoms with Gasteiger partial charge in [0.1, 0.15) is 67.1 Å². The SMILES string of the molecule is CCCCCCCCCCCC(=O)O[C@@H]1[C@@H](O)[C@H](C)O[C@@H](O[C@@H]2[C@@H](O[C@@H]3O[C@@H](C)[C@H](O)[C@@H](O)[C@H]3O)[C@@H](OC(=O)[C@@H](C)CC)[C@H](O[C@@H]3[C@@H](O)[C@H]4OC(=O)CCCCCCCCC[C@H](CCCCC)O[C@@H]5O[C@H](C)[C@H](O)[C@H](O)[C@H]5O[C@@H]4O[C@H]3C)O[C@H]2C)[C@@H]1OC(=O)C=Cc1ccccc1. The molecule has 7 rings (SSSR count). The Labute approximate surface area is 573 Å². The molecule has 25 nitrogen and oxygen atoms in total. The minimum atomic E-state index is -1.96. The number of aliphatic hydroxyl groups is 7. The van der Waals surface area contributed by atoms with Gasteiger partial charge in [-0.2, -0.15) is 0 Å². The average molecular weight is 1380 g/mol. The molecule has 6 aliphatic heterocycles. The highest BCUT2D eigenvalue weighted by Gasteiger charge is 2.59. The molecule has 97 heavy (non-hydrogen) atoms. The molecule has 1 aromatic rings. The Morgan fingerprint density at radius 2 is 1.03 bits per heavy atom. The summed E-state index contributed by atoms with van der Waals surface area (Å²) in [6.07, 6.45) is -17.4. The van der Waals surface area contributed by atoms with Crippen molar-refractivity contribution in [1.82, 2.24) is 0 Å². The van der Waals surface area contributed by atoms with Crippen LogP contribution >= 0.6 is 0 Å². The molecule has 0 unspecified atom stereocenters. The minimum absolute atomic E-state index is 0.0154. The van der Waals surface area contributed by atoms with E-state index in [0.29, 0.717) is 31.2 Å². The number of carbonyl (C=O) groups excluding carboxylic acids is 4. The van der Waals surface area contributed by atoms with Crippen molar-refractivity contribution in [1.29, 1.82) is 0 Å². The topological polar surface area (TPSA) is 339 Å². The van der Waals surface area contributed by atoms with E-state index in [-0.39, 0.29) is 25.4 Å². The number of ether oxygens (including phenoxy) is 14. The Kier molecular flexibility index (Phi) is 33.8. The van der Waals surface area contributed by atoms with Crippen molar-refractivity contribution in [2.75, 3.05) is 0 Å². The van der Waals surface area contributed by atoms with Gasteiger partial charge >= 0.3 is 23.9 Å². The second-order valence-electron chi connectivity index (χ2n) is 27.5. The van der Waals surface area contributed by atoms with Crippen LogP contribution in [0, 0.1) is 5.92 Å². The van der Waals surface area contributed by atoms with E-state index in [1.54, 1.807) is 45.0 Å². The molecule has 6 fully saturated rings. The van der Waals surface area contributed by atoms with Crippen LogP contribution in [0.2, 0.25) is 0 Å². The minimum Gasteiger partial charge on any atom is -0.455 e. The second kappa shape index (κ2) is 40.7. The summed E-state index contributed by atoms with van der Waals surface area (Å²) in [7, 11) is 0. The van der Waals surface area contributed by atoms with Gasteiger partial charge in [0.25, 0.3) is 0 Å². The van der Waals surface area contributed by atoms with Crippen LogP contribution in [0.4, 0.5) is 0 Å². The maximum Gasteiger partial charge on any atom is 0.331 e. The number of fused-ring (bicyclic) bond motifs is 2. The molecule has 6 heterocycles. The first kappa shape index (κ1) is 80.5. The molecule has 0 bridgehead atoms. The summed E-state index contributed by atoms with van der Waals surface area (Å²) in [5.74, 6) is -3.93. The number of rotatable bonds is 27. The summed E-state index contributed by atoms with van der Waals surface area (Å²) in [4.78, 5) is 56.3. The molecule has 0 radical (unpaired) electrons. The summed E-state index contributed by atoms with van der Waals surface area (Å²) in [5, 5.41) is 81.5. The van der Waals surface area contributed by atoms with Crippen molar-refractivity contribution in [3.63, 3.8) is 0 Å². The summed E-state index contributed by atoms with van der Waals surface area (Å²) in [6.45, 7) is 15.2. The standard InChI is InChI=1S/C72H116O25/c1-10-13-15-16-17-18-21-24-31-37-49(73)90-61-54(78)44(7)86-71(65(61)92-51(75)40-39-47-33-28-26-29-34-47)95-60-46(9)88-72(66(93-67(83)41(4)12-3)64(60)97-68-57(81)55(79)52(76)42(5)84-68)94-59-45(8)87-70-63(58(59)82)91-50(74)38-32-25-22-19-20-23-30-36-48(35-27-14-11-2)89-69-62(96-70)56(80)53(77)43(6)85-69/h26,28-29,33-34,39-46,48,52-66,68-72,76-82H,10-25,27,30-32,35-38H2,1-9H3/t41-,42-,43+,44-,45-,46-,48-,52-,53-,54-,55+,56-,57+,58+,59-,60-,61+,62+,63+,64+,65+,66+,68-,69-,70-,71-,72-/m0/s1. The zero-order valence-corrected chi connectivity index (χ0v) is 58.6. The third kappa shape index (κ3) is 23.3. The highest BCUT2D eigenvalue weighted by atomic mass is 16.8. The van der Waals surface area contributed by atoms with Crippen LogP contribution in [0.1, 0.15) is 222 Å². The number of benzene rings is 1. The smallest absolute Gasteiger partial charge is 0.331 e. The van der Waals surface area contributed by atoms with Crippen molar-refractivity contribution in [2.45, 2.75) is 376 Å². The van der Waals surface area contributed by atoms with Crippen molar-refractivity contribution < 1.29 is 121 Å². The van der Waals surface area contributed by atoms with Crippen LogP contribution in [0.25, 0.3) is 6.08 Å². The first-order valence-electron chi connectivity index (χ1n) is 36.4.